The van der Waals surface area contributed by atoms with E-state index in [-0.39, 0.29) is 0 Å². The van der Waals surface area contributed by atoms with Gasteiger partial charge in [-0.1, -0.05) is 0 Å². The average molecular weight is 337 g/mol. The maximum Gasteiger partial charge on any atom is 0.281 e. The van der Waals surface area contributed by atoms with Gasteiger partial charge in [-0.05, 0) is 18.2 Å². The van der Waals surface area contributed by atoms with Gasteiger partial charge >= 0.3 is 0 Å². The van der Waals surface area contributed by atoms with Crippen LogP contribution in [-0.4, -0.2) is 77.3 Å². The van der Waals surface area contributed by atoms with Crippen LogP contribution < -0.4 is 4.90 Å². The topological polar surface area (TPSA) is 87.5 Å². The van der Waals surface area contributed by atoms with Crippen LogP contribution in [0, 0.1) is 0 Å². The maximum atomic E-state index is 12.1. The van der Waals surface area contributed by atoms with Crippen molar-refractivity contribution in [1.82, 2.24) is 28.6 Å². The van der Waals surface area contributed by atoms with Crippen molar-refractivity contribution in [2.24, 2.45) is 0 Å². The van der Waals surface area contributed by atoms with E-state index < -0.39 is 10.2 Å². The van der Waals surface area contributed by atoms with Crippen molar-refractivity contribution >= 4 is 16.0 Å². The molecule has 124 valence electrons. The molecule has 2 aromatic heterocycles. The summed E-state index contributed by atoms with van der Waals surface area (Å²) in [5.41, 5.74) is 0. The van der Waals surface area contributed by atoms with E-state index in [1.165, 1.54) is 8.61 Å². The molecule has 0 atom stereocenters. The van der Waals surface area contributed by atoms with Crippen molar-refractivity contribution in [3.05, 3.63) is 30.6 Å². The summed E-state index contributed by atoms with van der Waals surface area (Å²) < 4.78 is 28.6. The number of anilines is 1. The van der Waals surface area contributed by atoms with Gasteiger partial charge in [-0.15, -0.1) is 10.2 Å². The third-order valence-corrected chi connectivity index (χ3v) is 5.67. The Bertz CT molecular complexity index is 735. The van der Waals surface area contributed by atoms with Gasteiger partial charge in [-0.25, -0.2) is 4.68 Å². The molecule has 2 aromatic rings. The summed E-state index contributed by atoms with van der Waals surface area (Å²) in [6.07, 6.45) is 3.48. The predicted octanol–water partition coefficient (Wildman–Crippen LogP) is -0.409. The number of rotatable bonds is 4. The lowest BCUT2D eigenvalue weighted by atomic mass is 10.3. The number of hydrogen-bond acceptors (Lipinski definition) is 6. The van der Waals surface area contributed by atoms with Crippen molar-refractivity contribution < 1.29 is 8.42 Å². The quantitative estimate of drug-likeness (QED) is 0.754. The monoisotopic (exact) mass is 337 g/mol. The smallest absolute Gasteiger partial charge is 0.281 e. The SMILES string of the molecule is CN(C)S(=O)(=O)N1CCN(c2ccc(-n3cccn3)nn2)CC1. The zero-order valence-electron chi connectivity index (χ0n) is 13.1. The van der Waals surface area contributed by atoms with E-state index in [1.807, 2.05) is 23.1 Å². The molecule has 23 heavy (non-hydrogen) atoms. The van der Waals surface area contributed by atoms with Gasteiger partial charge in [0, 0.05) is 52.7 Å². The van der Waals surface area contributed by atoms with Crippen LogP contribution in [0.1, 0.15) is 0 Å². The molecule has 0 N–H and O–H groups in total. The van der Waals surface area contributed by atoms with Gasteiger partial charge in [0.1, 0.15) is 0 Å². The van der Waals surface area contributed by atoms with Crippen LogP contribution in [0.4, 0.5) is 5.82 Å². The Kier molecular flexibility index (Phi) is 4.28. The zero-order valence-corrected chi connectivity index (χ0v) is 13.9. The molecular formula is C13H19N7O2S. The summed E-state index contributed by atoms with van der Waals surface area (Å²) in [7, 11) is -0.264. The van der Waals surface area contributed by atoms with Crippen molar-refractivity contribution in [3.63, 3.8) is 0 Å². The van der Waals surface area contributed by atoms with E-state index in [0.29, 0.717) is 32.0 Å². The molecule has 1 aliphatic heterocycles. The highest BCUT2D eigenvalue weighted by atomic mass is 32.2. The van der Waals surface area contributed by atoms with Crippen molar-refractivity contribution in [1.29, 1.82) is 0 Å². The van der Waals surface area contributed by atoms with Gasteiger partial charge < -0.3 is 4.90 Å². The summed E-state index contributed by atoms with van der Waals surface area (Å²) in [6.45, 7) is 2.04. The molecule has 0 aromatic carbocycles. The summed E-state index contributed by atoms with van der Waals surface area (Å²) in [5, 5.41) is 12.5. The van der Waals surface area contributed by atoms with E-state index in [9.17, 15) is 8.42 Å². The highest BCUT2D eigenvalue weighted by Gasteiger charge is 2.29. The van der Waals surface area contributed by atoms with Crippen LogP contribution >= 0.6 is 0 Å². The molecule has 1 aliphatic rings. The molecule has 1 fully saturated rings. The molecule has 9 nitrogen and oxygen atoms in total. The minimum absolute atomic E-state index is 0.434. The van der Waals surface area contributed by atoms with Gasteiger partial charge in [0.05, 0.1) is 0 Å². The largest absolute Gasteiger partial charge is 0.352 e. The highest BCUT2D eigenvalue weighted by Crippen LogP contribution is 2.16. The Morgan fingerprint density at radius 1 is 1.04 bits per heavy atom. The molecule has 3 rings (SSSR count). The average Bonchev–Trinajstić information content (AvgIpc) is 3.09. The molecule has 0 spiro atoms. The maximum absolute atomic E-state index is 12.1. The first-order chi connectivity index (χ1) is 11.0. The Morgan fingerprint density at radius 3 is 2.22 bits per heavy atom. The normalized spacial score (nSPS) is 16.9. The number of nitrogens with zero attached hydrogens (tertiary/aromatic N) is 7. The number of aromatic nitrogens is 4. The fourth-order valence-corrected chi connectivity index (χ4v) is 3.48. The first-order valence-corrected chi connectivity index (χ1v) is 8.64. The fourth-order valence-electron chi connectivity index (χ4n) is 2.39. The minimum Gasteiger partial charge on any atom is -0.352 e. The Morgan fingerprint density at radius 2 is 1.70 bits per heavy atom. The lowest BCUT2D eigenvalue weighted by Gasteiger charge is -2.35. The Labute approximate surface area is 135 Å². The number of piperazine rings is 1. The summed E-state index contributed by atoms with van der Waals surface area (Å²) in [4.78, 5) is 2.03. The highest BCUT2D eigenvalue weighted by molar-refractivity contribution is 7.86. The van der Waals surface area contributed by atoms with Crippen molar-refractivity contribution in [2.75, 3.05) is 45.2 Å². The Balaban J connectivity index is 1.66. The lowest BCUT2D eigenvalue weighted by Crippen LogP contribution is -2.51. The Hall–Kier alpha value is -2.04. The van der Waals surface area contributed by atoms with Crippen LogP contribution in [0.2, 0.25) is 0 Å². The second-order valence-electron chi connectivity index (χ2n) is 5.38. The van der Waals surface area contributed by atoms with Gasteiger partial charge in [0.15, 0.2) is 11.6 Å². The molecular weight excluding hydrogens is 318 g/mol. The second kappa shape index (κ2) is 6.22. The first kappa shape index (κ1) is 15.8. The first-order valence-electron chi connectivity index (χ1n) is 7.25. The minimum atomic E-state index is -3.35. The van der Waals surface area contributed by atoms with E-state index in [2.05, 4.69) is 15.3 Å². The standard InChI is InChI=1S/C13H19N7O2S/c1-17(2)23(21,22)19-10-8-18(9-11-19)12-4-5-13(16-15-12)20-7-3-6-14-20/h3-7H,8-11H2,1-2H3. The fraction of sp³-hybridized carbons (Fsp3) is 0.462. The molecule has 0 radical (unpaired) electrons. The molecule has 0 amide bonds. The zero-order chi connectivity index (χ0) is 16.4. The molecule has 0 bridgehead atoms. The van der Waals surface area contributed by atoms with Crippen molar-refractivity contribution in [3.8, 4) is 5.82 Å². The summed E-state index contributed by atoms with van der Waals surface area (Å²) in [6, 6.07) is 5.54. The third kappa shape index (κ3) is 3.19. The second-order valence-corrected chi connectivity index (χ2v) is 7.52. The van der Waals surface area contributed by atoms with E-state index in [0.717, 1.165) is 5.82 Å². The van der Waals surface area contributed by atoms with Crippen LogP contribution in [0.15, 0.2) is 30.6 Å². The van der Waals surface area contributed by atoms with Gasteiger partial charge in [0.2, 0.25) is 0 Å². The van der Waals surface area contributed by atoms with Crippen LogP contribution in [0.25, 0.3) is 5.82 Å². The summed E-state index contributed by atoms with van der Waals surface area (Å²) >= 11 is 0. The molecule has 1 saturated heterocycles. The molecule has 3 heterocycles. The molecule has 0 aliphatic carbocycles. The van der Waals surface area contributed by atoms with Crippen LogP contribution in [0.5, 0.6) is 0 Å². The van der Waals surface area contributed by atoms with Gasteiger partial charge in [-0.2, -0.15) is 22.1 Å². The predicted molar refractivity (Wildman–Crippen MR) is 85.5 cm³/mol. The van der Waals surface area contributed by atoms with E-state index >= 15 is 0 Å². The summed E-state index contributed by atoms with van der Waals surface area (Å²) in [5.74, 6) is 1.38. The van der Waals surface area contributed by atoms with E-state index in [4.69, 9.17) is 0 Å². The van der Waals surface area contributed by atoms with Crippen LogP contribution in [-0.2, 0) is 10.2 Å². The molecule has 10 heteroatoms. The van der Waals surface area contributed by atoms with E-state index in [1.54, 1.807) is 31.2 Å². The number of hydrogen-bond donors (Lipinski definition) is 0. The van der Waals surface area contributed by atoms with Crippen LogP contribution in [0.3, 0.4) is 0 Å². The van der Waals surface area contributed by atoms with Crippen molar-refractivity contribution in [2.45, 2.75) is 0 Å². The van der Waals surface area contributed by atoms with Gasteiger partial charge in [-0.3, -0.25) is 0 Å². The lowest BCUT2D eigenvalue weighted by molar-refractivity contribution is 0.354. The third-order valence-electron chi connectivity index (χ3n) is 3.73. The van der Waals surface area contributed by atoms with Gasteiger partial charge in [0.25, 0.3) is 10.2 Å². The molecule has 0 unspecified atom stereocenters. The molecule has 0 saturated carbocycles.